The molecule has 0 saturated heterocycles. The molecule has 1 atom stereocenters. The Kier molecular flexibility index (Phi) is 7.55. The average Bonchev–Trinajstić information content (AvgIpc) is 3.23. The predicted octanol–water partition coefficient (Wildman–Crippen LogP) is 4.23. The molecule has 2 aromatic heterocycles. The van der Waals surface area contributed by atoms with Crippen molar-refractivity contribution in [3.05, 3.63) is 54.4 Å². The molecule has 1 aliphatic rings. The standard InChI is InChI=1S/C24H29N5O2S/c1-3-31-17-7-16-29-22(20-11-13-25-14-12-20)26-27-24(29)32-18(2)23(30)28-15-6-9-19-8-4-5-10-21(19)28/h4-5,8,10-14,18H,3,6-7,9,15-17H2,1-2H3/t18-/m1/s1. The van der Waals surface area contributed by atoms with Gasteiger partial charge in [0.15, 0.2) is 11.0 Å². The van der Waals surface area contributed by atoms with E-state index in [4.69, 9.17) is 4.74 Å². The number of pyridine rings is 1. The summed E-state index contributed by atoms with van der Waals surface area (Å²) in [7, 11) is 0. The number of amides is 1. The number of hydrogen-bond donors (Lipinski definition) is 0. The lowest BCUT2D eigenvalue weighted by Gasteiger charge is -2.31. The fraction of sp³-hybridized carbons (Fsp3) is 0.417. The monoisotopic (exact) mass is 451 g/mol. The largest absolute Gasteiger partial charge is 0.382 e. The van der Waals surface area contributed by atoms with Gasteiger partial charge in [-0.05, 0) is 56.9 Å². The number of nitrogens with zero attached hydrogens (tertiary/aromatic N) is 5. The zero-order valence-electron chi connectivity index (χ0n) is 18.6. The zero-order chi connectivity index (χ0) is 22.3. The minimum Gasteiger partial charge on any atom is -0.382 e. The summed E-state index contributed by atoms with van der Waals surface area (Å²) in [5.41, 5.74) is 3.23. The summed E-state index contributed by atoms with van der Waals surface area (Å²) in [6.45, 7) is 6.80. The van der Waals surface area contributed by atoms with Crippen LogP contribution in [0.5, 0.6) is 0 Å². The molecule has 0 spiro atoms. The number of thioether (sulfide) groups is 1. The lowest BCUT2D eigenvalue weighted by Crippen LogP contribution is -2.40. The molecule has 32 heavy (non-hydrogen) atoms. The van der Waals surface area contributed by atoms with Crippen molar-refractivity contribution >= 4 is 23.4 Å². The molecule has 0 N–H and O–H groups in total. The van der Waals surface area contributed by atoms with Gasteiger partial charge in [0, 0.05) is 49.9 Å². The number of benzene rings is 1. The Morgan fingerprint density at radius 3 is 2.81 bits per heavy atom. The molecule has 168 valence electrons. The maximum absolute atomic E-state index is 13.4. The number of aromatic nitrogens is 4. The van der Waals surface area contributed by atoms with Crippen LogP contribution in [0.3, 0.4) is 0 Å². The molecule has 0 aliphatic carbocycles. The van der Waals surface area contributed by atoms with Gasteiger partial charge in [-0.1, -0.05) is 30.0 Å². The molecule has 3 aromatic rings. The predicted molar refractivity (Wildman–Crippen MR) is 127 cm³/mol. The number of ether oxygens (including phenoxy) is 1. The van der Waals surface area contributed by atoms with E-state index in [1.165, 1.54) is 17.3 Å². The van der Waals surface area contributed by atoms with E-state index in [1.54, 1.807) is 12.4 Å². The van der Waals surface area contributed by atoms with Gasteiger partial charge in [0.1, 0.15) is 0 Å². The molecule has 0 unspecified atom stereocenters. The Morgan fingerprint density at radius 1 is 1.19 bits per heavy atom. The Labute approximate surface area is 193 Å². The van der Waals surface area contributed by atoms with E-state index in [0.29, 0.717) is 13.2 Å². The van der Waals surface area contributed by atoms with Crippen LogP contribution in [0.25, 0.3) is 11.4 Å². The molecule has 0 saturated carbocycles. The third-order valence-corrected chi connectivity index (χ3v) is 6.60. The fourth-order valence-corrected chi connectivity index (χ4v) is 4.89. The minimum atomic E-state index is -0.277. The van der Waals surface area contributed by atoms with Gasteiger partial charge >= 0.3 is 0 Å². The van der Waals surface area contributed by atoms with Crippen molar-refractivity contribution < 1.29 is 9.53 Å². The second-order valence-electron chi connectivity index (χ2n) is 7.73. The van der Waals surface area contributed by atoms with E-state index < -0.39 is 0 Å². The van der Waals surface area contributed by atoms with Gasteiger partial charge in [0.2, 0.25) is 5.91 Å². The Balaban J connectivity index is 1.54. The van der Waals surface area contributed by atoms with Crippen LogP contribution in [0, 0.1) is 0 Å². The third kappa shape index (κ3) is 5.02. The van der Waals surface area contributed by atoms with Gasteiger partial charge in [-0.15, -0.1) is 10.2 Å². The molecule has 4 rings (SSSR count). The molecule has 0 bridgehead atoms. The molecular weight excluding hydrogens is 422 g/mol. The maximum Gasteiger partial charge on any atom is 0.240 e. The summed E-state index contributed by atoms with van der Waals surface area (Å²) in [6.07, 6.45) is 6.35. The number of carbonyl (C=O) groups is 1. The lowest BCUT2D eigenvalue weighted by atomic mass is 10.0. The third-order valence-electron chi connectivity index (χ3n) is 5.54. The van der Waals surface area contributed by atoms with E-state index in [9.17, 15) is 4.79 Å². The van der Waals surface area contributed by atoms with Crippen LogP contribution in [0.1, 0.15) is 32.3 Å². The summed E-state index contributed by atoms with van der Waals surface area (Å²) in [5.74, 6) is 0.894. The summed E-state index contributed by atoms with van der Waals surface area (Å²) in [6, 6.07) is 12.0. The van der Waals surface area contributed by atoms with E-state index in [-0.39, 0.29) is 11.2 Å². The molecule has 1 aromatic carbocycles. The van der Waals surface area contributed by atoms with Gasteiger partial charge in [-0.2, -0.15) is 0 Å². The first-order chi connectivity index (χ1) is 15.7. The van der Waals surface area contributed by atoms with E-state index in [0.717, 1.165) is 54.6 Å². The maximum atomic E-state index is 13.4. The van der Waals surface area contributed by atoms with Gasteiger partial charge in [-0.3, -0.25) is 9.78 Å². The van der Waals surface area contributed by atoms with Crippen molar-refractivity contribution in [3.63, 3.8) is 0 Å². The summed E-state index contributed by atoms with van der Waals surface area (Å²) >= 11 is 1.47. The van der Waals surface area contributed by atoms with Crippen LogP contribution < -0.4 is 4.90 Å². The first-order valence-electron chi connectivity index (χ1n) is 11.2. The fourth-order valence-electron chi connectivity index (χ4n) is 3.95. The second kappa shape index (κ2) is 10.7. The van der Waals surface area contributed by atoms with Crippen molar-refractivity contribution in [1.29, 1.82) is 0 Å². The van der Waals surface area contributed by atoms with Gasteiger partial charge in [-0.25, -0.2) is 0 Å². The molecule has 1 amide bonds. The highest BCUT2D eigenvalue weighted by Gasteiger charge is 2.28. The highest BCUT2D eigenvalue weighted by Crippen LogP contribution is 2.32. The van der Waals surface area contributed by atoms with Crippen LogP contribution >= 0.6 is 11.8 Å². The SMILES string of the molecule is CCOCCCn1c(S[C@H](C)C(=O)N2CCCc3ccccc32)nnc1-c1ccncc1. The van der Waals surface area contributed by atoms with E-state index in [2.05, 4.69) is 25.8 Å². The number of anilines is 1. The number of hydrogen-bond acceptors (Lipinski definition) is 6. The number of fused-ring (bicyclic) bond motifs is 1. The number of para-hydroxylation sites is 1. The first kappa shape index (κ1) is 22.5. The second-order valence-corrected chi connectivity index (χ2v) is 9.03. The molecule has 8 heteroatoms. The molecule has 7 nitrogen and oxygen atoms in total. The highest BCUT2D eigenvalue weighted by molar-refractivity contribution is 8.00. The van der Waals surface area contributed by atoms with Gasteiger partial charge in [0.05, 0.1) is 5.25 Å². The quantitative estimate of drug-likeness (QED) is 0.358. The van der Waals surface area contributed by atoms with Crippen molar-refractivity contribution in [2.24, 2.45) is 0 Å². The van der Waals surface area contributed by atoms with Crippen molar-refractivity contribution in [2.45, 2.75) is 50.1 Å². The minimum absolute atomic E-state index is 0.108. The van der Waals surface area contributed by atoms with Crippen LogP contribution in [-0.2, 0) is 22.5 Å². The van der Waals surface area contributed by atoms with E-state index >= 15 is 0 Å². The Morgan fingerprint density at radius 2 is 2.00 bits per heavy atom. The lowest BCUT2D eigenvalue weighted by molar-refractivity contribution is -0.117. The number of aryl methyl sites for hydroxylation is 1. The summed E-state index contributed by atoms with van der Waals surface area (Å²) < 4.78 is 7.61. The van der Waals surface area contributed by atoms with Crippen LogP contribution in [0.2, 0.25) is 0 Å². The average molecular weight is 452 g/mol. The summed E-state index contributed by atoms with van der Waals surface area (Å²) in [4.78, 5) is 19.4. The van der Waals surface area contributed by atoms with Crippen molar-refractivity contribution in [1.82, 2.24) is 19.7 Å². The molecular formula is C24H29N5O2S. The molecule has 0 fully saturated rings. The first-order valence-corrected chi connectivity index (χ1v) is 12.0. The van der Waals surface area contributed by atoms with Crippen LogP contribution in [0.15, 0.2) is 53.9 Å². The van der Waals surface area contributed by atoms with E-state index in [1.807, 2.05) is 49.1 Å². The number of carbonyl (C=O) groups excluding carboxylic acids is 1. The highest BCUT2D eigenvalue weighted by atomic mass is 32.2. The Hall–Kier alpha value is -2.71. The summed E-state index contributed by atoms with van der Waals surface area (Å²) in [5, 5.41) is 9.36. The van der Waals surface area contributed by atoms with Gasteiger partial charge in [0.25, 0.3) is 0 Å². The topological polar surface area (TPSA) is 73.1 Å². The smallest absolute Gasteiger partial charge is 0.240 e. The molecule has 3 heterocycles. The van der Waals surface area contributed by atoms with Crippen molar-refractivity contribution in [2.75, 3.05) is 24.7 Å². The number of rotatable bonds is 9. The molecule has 0 radical (unpaired) electrons. The van der Waals surface area contributed by atoms with Gasteiger partial charge < -0.3 is 14.2 Å². The van der Waals surface area contributed by atoms with Crippen molar-refractivity contribution in [3.8, 4) is 11.4 Å². The molecule has 1 aliphatic heterocycles. The van der Waals surface area contributed by atoms with Crippen LogP contribution in [-0.4, -0.2) is 50.7 Å². The van der Waals surface area contributed by atoms with Crippen LogP contribution in [0.4, 0.5) is 5.69 Å². The Bertz CT molecular complexity index is 1040. The zero-order valence-corrected chi connectivity index (χ0v) is 19.4. The normalized spacial score (nSPS) is 14.2.